The summed E-state index contributed by atoms with van der Waals surface area (Å²) in [4.78, 5) is 47.7. The van der Waals surface area contributed by atoms with Crippen molar-refractivity contribution in [1.29, 1.82) is 0 Å². The number of Topliss-reactive ketones (excluding diaryl/α,β-unsaturated/α-hetero) is 4. The van der Waals surface area contributed by atoms with E-state index in [9.17, 15) is 29.4 Å². The quantitative estimate of drug-likeness (QED) is 0.140. The summed E-state index contributed by atoms with van der Waals surface area (Å²) >= 11 is 0. The molecule has 0 unspecified atom stereocenters. The van der Waals surface area contributed by atoms with E-state index < -0.39 is 0 Å². The van der Waals surface area contributed by atoms with E-state index in [1.54, 1.807) is 48.5 Å². The minimum absolute atomic E-state index is 0. The van der Waals surface area contributed by atoms with Crippen molar-refractivity contribution < 1.29 is 51.1 Å². The van der Waals surface area contributed by atoms with Crippen molar-refractivity contribution in [1.82, 2.24) is 9.80 Å². The van der Waals surface area contributed by atoms with E-state index >= 15 is 0 Å². The zero-order valence-electron chi connectivity index (χ0n) is 25.4. The van der Waals surface area contributed by atoms with Gasteiger partial charge >= 0.3 is 0 Å². The molecule has 0 aliphatic heterocycles. The van der Waals surface area contributed by atoms with Crippen molar-refractivity contribution in [2.45, 2.75) is 41.5 Å². The maximum absolute atomic E-state index is 11.2. The molecule has 2 aromatic rings. The molecule has 0 amide bonds. The molecule has 9 heteroatoms. The van der Waals surface area contributed by atoms with Crippen LogP contribution in [0.4, 0.5) is 0 Å². The van der Waals surface area contributed by atoms with Crippen LogP contribution in [-0.4, -0.2) is 85.4 Å². The number of carbonyl (C=O) groups excluding carboxylic acids is 4. The van der Waals surface area contributed by atoms with Gasteiger partial charge in [0.1, 0.15) is 0 Å². The second kappa shape index (κ2) is 28.9. The molecular weight excluding hydrogens is 556 g/mol. The minimum atomic E-state index is -0.233. The van der Waals surface area contributed by atoms with Gasteiger partial charge in [0.2, 0.25) is 0 Å². The van der Waals surface area contributed by atoms with Crippen molar-refractivity contribution in [2.75, 3.05) is 52.5 Å². The Labute approximate surface area is 262 Å². The molecule has 0 saturated carbocycles. The Kier molecular flexibility index (Phi) is 30.2. The van der Waals surface area contributed by atoms with Crippen molar-refractivity contribution in [3.63, 3.8) is 0 Å². The fourth-order valence-electron chi connectivity index (χ4n) is 3.08. The zero-order chi connectivity index (χ0) is 30.8. The van der Waals surface area contributed by atoms with Crippen molar-refractivity contribution >= 4 is 23.1 Å². The summed E-state index contributed by atoms with van der Waals surface area (Å²) < 4.78 is 0. The predicted octanol–water partition coefficient (Wildman–Crippen LogP) is 2.70. The Bertz CT molecular complexity index is 856. The largest absolute Gasteiger partial charge is 0.854 e. The first-order valence-corrected chi connectivity index (χ1v) is 13.6. The first-order chi connectivity index (χ1) is 19.1. The van der Waals surface area contributed by atoms with Gasteiger partial charge in [-0.1, -0.05) is 64.1 Å². The van der Waals surface area contributed by atoms with Crippen LogP contribution in [0.15, 0.2) is 60.7 Å². The molecule has 2 aromatic carbocycles. The van der Waals surface area contributed by atoms with E-state index in [0.717, 1.165) is 39.0 Å². The molecule has 0 saturated heterocycles. The Balaban J connectivity index is -0.000000476. The first-order valence-electron chi connectivity index (χ1n) is 13.6. The molecule has 0 aromatic heterocycles. The number of likely N-dealkylation sites (N-methyl/N-ethyl adjacent to an activating group) is 2. The van der Waals surface area contributed by atoms with Gasteiger partial charge in [0.25, 0.3) is 0 Å². The Morgan fingerprint density at radius 3 is 1.02 bits per heavy atom. The van der Waals surface area contributed by atoms with E-state index in [-0.39, 0.29) is 58.1 Å². The van der Waals surface area contributed by atoms with Crippen LogP contribution in [0.3, 0.4) is 0 Å². The average Bonchev–Trinajstić information content (AvgIpc) is 2.96. The minimum Gasteiger partial charge on any atom is -0.854 e. The summed E-state index contributed by atoms with van der Waals surface area (Å²) in [5.41, 5.74) is 1.10. The van der Waals surface area contributed by atoms with Gasteiger partial charge in [-0.05, 0) is 53.1 Å². The van der Waals surface area contributed by atoms with Crippen molar-refractivity contribution in [3.05, 3.63) is 84.6 Å². The second-order valence-electron chi connectivity index (χ2n) is 8.43. The van der Waals surface area contributed by atoms with Crippen LogP contribution in [0.25, 0.3) is 0 Å². The number of benzene rings is 2. The molecular formula is C32H46N2O6Ti-4. The molecule has 0 bridgehead atoms. The summed E-state index contributed by atoms with van der Waals surface area (Å²) in [5, 5.41) is 20.0. The van der Waals surface area contributed by atoms with Crippen molar-refractivity contribution in [3.8, 4) is 0 Å². The van der Waals surface area contributed by atoms with Crippen LogP contribution in [0, 0.1) is 12.8 Å². The number of hydrogen-bond acceptors (Lipinski definition) is 8. The maximum Gasteiger partial charge on any atom is 0.0768 e. The van der Waals surface area contributed by atoms with E-state index in [0.29, 0.717) is 24.2 Å². The zero-order valence-corrected chi connectivity index (χ0v) is 27.0. The van der Waals surface area contributed by atoms with E-state index in [1.807, 2.05) is 12.1 Å². The fraction of sp³-hybridized carbons (Fsp3) is 0.438. The SMILES string of the molecule is CC(=O)[CH-]C(=O)c1ccccc1.CC(=O)[CH-]C(=O)c1ccccc1.CCN(CC)CC[O-].CCN(CC)CC[O-].[Ti]. The first kappa shape index (κ1) is 42.9. The molecule has 0 heterocycles. The Hall–Kier alpha value is -2.59. The van der Waals surface area contributed by atoms with Gasteiger partial charge in [0.15, 0.2) is 0 Å². The van der Waals surface area contributed by atoms with Gasteiger partial charge in [-0.25, -0.2) is 0 Å². The topological polar surface area (TPSA) is 121 Å². The van der Waals surface area contributed by atoms with Gasteiger partial charge in [-0.15, -0.1) is 61.4 Å². The van der Waals surface area contributed by atoms with Crippen LogP contribution < -0.4 is 10.2 Å². The third-order valence-corrected chi connectivity index (χ3v) is 5.39. The molecule has 0 radical (unpaired) electrons. The van der Waals surface area contributed by atoms with Crippen molar-refractivity contribution in [2.24, 2.45) is 0 Å². The molecule has 0 atom stereocenters. The van der Waals surface area contributed by atoms with Crippen LogP contribution in [0.2, 0.25) is 0 Å². The second-order valence-corrected chi connectivity index (χ2v) is 8.43. The van der Waals surface area contributed by atoms with E-state index in [2.05, 4.69) is 37.5 Å². The van der Waals surface area contributed by atoms with Gasteiger partial charge in [-0.3, -0.25) is 0 Å². The Morgan fingerprint density at radius 1 is 0.585 bits per heavy atom. The van der Waals surface area contributed by atoms with Gasteiger partial charge in [-0.2, -0.15) is 0 Å². The molecule has 0 spiro atoms. The predicted molar refractivity (Wildman–Crippen MR) is 157 cm³/mol. The number of rotatable bonds is 14. The third-order valence-electron chi connectivity index (χ3n) is 5.39. The average molecular weight is 603 g/mol. The third kappa shape index (κ3) is 24.9. The molecule has 228 valence electrons. The monoisotopic (exact) mass is 602 g/mol. The van der Waals surface area contributed by atoms with Crippen LogP contribution in [-0.2, 0) is 31.3 Å². The smallest absolute Gasteiger partial charge is 0.0768 e. The van der Waals surface area contributed by atoms with Crippen LogP contribution in [0.5, 0.6) is 0 Å². The van der Waals surface area contributed by atoms with Crippen LogP contribution >= 0.6 is 0 Å². The summed E-state index contributed by atoms with van der Waals surface area (Å²) in [6.07, 6.45) is 2.19. The molecule has 8 nitrogen and oxygen atoms in total. The number of nitrogens with zero attached hydrogens (tertiary/aromatic N) is 2. The molecule has 0 N–H and O–H groups in total. The van der Waals surface area contributed by atoms with Crippen LogP contribution in [0.1, 0.15) is 62.3 Å². The normalized spacial score (nSPS) is 9.41. The standard InChI is InChI=1S/2C10H9O2.2C6H14NO.Ti/c2*1-8(11)7-10(12)9-5-3-2-4-6-9;2*1-3-7(4-2)5-6-8;/h2*2-7H,1H3;2*3-6H2,1-2H3;/q4*-1;. The van der Waals surface area contributed by atoms with E-state index in [1.165, 1.54) is 13.8 Å². The molecule has 0 fully saturated rings. The Morgan fingerprint density at radius 2 is 0.854 bits per heavy atom. The summed E-state index contributed by atoms with van der Waals surface area (Å²) in [6, 6.07) is 17.4. The molecule has 2 rings (SSSR count). The summed E-state index contributed by atoms with van der Waals surface area (Å²) in [5.74, 6) is -0.904. The van der Waals surface area contributed by atoms with Gasteiger partial charge in [0.05, 0.1) is 11.6 Å². The number of hydrogen-bond donors (Lipinski definition) is 0. The van der Waals surface area contributed by atoms with Gasteiger partial charge < -0.3 is 39.2 Å². The maximum atomic E-state index is 11.2. The summed E-state index contributed by atoms with van der Waals surface area (Å²) in [6.45, 7) is 16.5. The molecule has 0 aliphatic carbocycles. The number of carbonyl (C=O) groups is 4. The molecule has 41 heavy (non-hydrogen) atoms. The number of ketones is 4. The molecule has 0 aliphatic rings. The van der Waals surface area contributed by atoms with Gasteiger partial charge in [0, 0.05) is 33.3 Å². The fourth-order valence-corrected chi connectivity index (χ4v) is 3.08. The van der Waals surface area contributed by atoms with E-state index in [4.69, 9.17) is 0 Å². The summed E-state index contributed by atoms with van der Waals surface area (Å²) in [7, 11) is 0.